The molecule has 0 bridgehead atoms. The molecular formula is C16H19FN4O. The Morgan fingerprint density at radius 2 is 2.09 bits per heavy atom. The first kappa shape index (κ1) is 13.7. The molecule has 1 atom stereocenters. The van der Waals surface area contributed by atoms with Gasteiger partial charge in [0.05, 0.1) is 11.1 Å². The minimum atomic E-state index is -0.387. The number of H-pyrrole nitrogens is 1. The van der Waals surface area contributed by atoms with E-state index in [-0.39, 0.29) is 17.4 Å². The largest absolute Gasteiger partial charge is 0.381 e. The lowest BCUT2D eigenvalue weighted by Gasteiger charge is -2.37. The normalized spacial score (nSPS) is 22.7. The Kier molecular flexibility index (Phi) is 3.14. The van der Waals surface area contributed by atoms with Gasteiger partial charge in [-0.3, -0.25) is 4.79 Å². The van der Waals surface area contributed by atoms with Crippen LogP contribution >= 0.6 is 0 Å². The first-order chi connectivity index (χ1) is 10.6. The maximum absolute atomic E-state index is 13.8. The fourth-order valence-electron chi connectivity index (χ4n) is 3.77. The summed E-state index contributed by atoms with van der Waals surface area (Å²) in [7, 11) is 2.14. The molecule has 2 aliphatic rings. The van der Waals surface area contributed by atoms with Crippen LogP contribution in [0.2, 0.25) is 0 Å². The van der Waals surface area contributed by atoms with Gasteiger partial charge in [0, 0.05) is 23.5 Å². The van der Waals surface area contributed by atoms with Crippen molar-refractivity contribution in [1.29, 1.82) is 0 Å². The van der Waals surface area contributed by atoms with Crippen molar-refractivity contribution in [2.75, 3.05) is 25.5 Å². The van der Waals surface area contributed by atoms with Crippen LogP contribution in [0.15, 0.2) is 16.9 Å². The molecule has 0 amide bonds. The van der Waals surface area contributed by atoms with Gasteiger partial charge in [-0.05, 0) is 51.0 Å². The van der Waals surface area contributed by atoms with Crippen LogP contribution in [0.5, 0.6) is 0 Å². The fourth-order valence-corrected chi connectivity index (χ4v) is 3.77. The third kappa shape index (κ3) is 2.18. The molecule has 0 radical (unpaired) electrons. The Bertz CT molecular complexity index is 780. The van der Waals surface area contributed by atoms with Crippen molar-refractivity contribution in [2.45, 2.75) is 25.3 Å². The molecule has 2 aromatic rings. The Morgan fingerprint density at radius 3 is 2.86 bits per heavy atom. The number of piperidine rings is 1. The Morgan fingerprint density at radius 1 is 1.32 bits per heavy atom. The van der Waals surface area contributed by atoms with Gasteiger partial charge in [-0.15, -0.1) is 0 Å². The van der Waals surface area contributed by atoms with E-state index in [0.29, 0.717) is 17.0 Å². The number of nitrogens with zero attached hydrogens (tertiary/aromatic N) is 2. The smallest absolute Gasteiger partial charge is 0.272 e. The van der Waals surface area contributed by atoms with Crippen LogP contribution in [0, 0.1) is 11.7 Å². The maximum atomic E-state index is 13.8. The zero-order chi connectivity index (χ0) is 15.3. The van der Waals surface area contributed by atoms with Crippen molar-refractivity contribution in [3.05, 3.63) is 34.0 Å². The first-order valence-corrected chi connectivity index (χ1v) is 7.77. The number of hydrogen-bond donors (Lipinski definition) is 2. The molecule has 0 spiro atoms. The van der Waals surface area contributed by atoms with E-state index in [9.17, 15) is 9.18 Å². The predicted octanol–water partition coefficient (Wildman–Crippen LogP) is 1.74. The maximum Gasteiger partial charge on any atom is 0.272 e. The van der Waals surface area contributed by atoms with E-state index in [1.54, 1.807) is 0 Å². The van der Waals surface area contributed by atoms with Gasteiger partial charge in [0.2, 0.25) is 0 Å². The molecular weight excluding hydrogens is 283 g/mol. The van der Waals surface area contributed by atoms with Gasteiger partial charge < -0.3 is 10.2 Å². The Hall–Kier alpha value is -1.95. The second kappa shape index (κ2) is 5.05. The molecule has 4 rings (SSSR count). The van der Waals surface area contributed by atoms with Gasteiger partial charge in [0.15, 0.2) is 0 Å². The van der Waals surface area contributed by atoms with Crippen LogP contribution in [-0.4, -0.2) is 41.3 Å². The highest BCUT2D eigenvalue weighted by Crippen LogP contribution is 2.34. The van der Waals surface area contributed by atoms with E-state index >= 15 is 0 Å². The zero-order valence-corrected chi connectivity index (χ0v) is 12.5. The molecule has 1 saturated heterocycles. The van der Waals surface area contributed by atoms with Crippen molar-refractivity contribution in [1.82, 2.24) is 15.1 Å². The van der Waals surface area contributed by atoms with Crippen LogP contribution in [0.1, 0.15) is 18.5 Å². The lowest BCUT2D eigenvalue weighted by Crippen LogP contribution is -2.41. The van der Waals surface area contributed by atoms with Crippen LogP contribution < -0.4 is 10.9 Å². The zero-order valence-electron chi connectivity index (χ0n) is 12.5. The molecule has 6 heteroatoms. The van der Waals surface area contributed by atoms with Gasteiger partial charge in [0.25, 0.3) is 5.56 Å². The summed E-state index contributed by atoms with van der Waals surface area (Å²) in [6, 6.07) is 3.03. The average Bonchev–Trinajstić information content (AvgIpc) is 2.51. The summed E-state index contributed by atoms with van der Waals surface area (Å²) >= 11 is 0. The van der Waals surface area contributed by atoms with Gasteiger partial charge in [0.1, 0.15) is 5.82 Å². The number of halogens is 1. The van der Waals surface area contributed by atoms with E-state index < -0.39 is 0 Å². The molecule has 22 heavy (non-hydrogen) atoms. The number of aromatic nitrogens is 2. The van der Waals surface area contributed by atoms with Crippen LogP contribution in [0.25, 0.3) is 10.8 Å². The van der Waals surface area contributed by atoms with Crippen molar-refractivity contribution in [2.24, 2.45) is 5.92 Å². The summed E-state index contributed by atoms with van der Waals surface area (Å²) < 4.78 is 13.8. The third-order valence-electron chi connectivity index (χ3n) is 5.02. The van der Waals surface area contributed by atoms with Gasteiger partial charge >= 0.3 is 0 Å². The van der Waals surface area contributed by atoms with E-state index in [1.807, 2.05) is 0 Å². The van der Waals surface area contributed by atoms with Crippen molar-refractivity contribution in [3.8, 4) is 0 Å². The summed E-state index contributed by atoms with van der Waals surface area (Å²) in [4.78, 5) is 14.2. The van der Waals surface area contributed by atoms with Crippen molar-refractivity contribution < 1.29 is 4.39 Å². The SMILES string of the molecule is CN1CCC(C2Cc3n[nH]c(=O)c4cc(F)cc(c34)N2)CC1. The summed E-state index contributed by atoms with van der Waals surface area (Å²) in [6.07, 6.45) is 3.04. The molecule has 0 saturated carbocycles. The number of anilines is 1. The molecule has 1 aromatic carbocycles. The van der Waals surface area contributed by atoms with Crippen LogP contribution in [0.3, 0.4) is 0 Å². The molecule has 1 fully saturated rings. The van der Waals surface area contributed by atoms with Crippen LogP contribution in [-0.2, 0) is 6.42 Å². The Labute approximate surface area is 127 Å². The molecule has 2 N–H and O–H groups in total. The molecule has 2 aliphatic heterocycles. The van der Waals surface area contributed by atoms with Crippen molar-refractivity contribution >= 4 is 16.5 Å². The van der Waals surface area contributed by atoms with E-state index in [1.165, 1.54) is 12.1 Å². The number of aromatic amines is 1. The molecule has 1 unspecified atom stereocenters. The topological polar surface area (TPSA) is 61.0 Å². The second-order valence-electron chi connectivity index (χ2n) is 6.47. The summed E-state index contributed by atoms with van der Waals surface area (Å²) in [5.74, 6) is 0.165. The summed E-state index contributed by atoms with van der Waals surface area (Å²) in [5, 5.41) is 11.3. The average molecular weight is 302 g/mol. The lowest BCUT2D eigenvalue weighted by atomic mass is 9.84. The highest BCUT2D eigenvalue weighted by atomic mass is 19.1. The minimum Gasteiger partial charge on any atom is -0.381 e. The van der Waals surface area contributed by atoms with Gasteiger partial charge in [-0.2, -0.15) is 5.10 Å². The number of benzene rings is 1. The number of rotatable bonds is 1. The van der Waals surface area contributed by atoms with Crippen LogP contribution in [0.4, 0.5) is 10.1 Å². The molecule has 3 heterocycles. The third-order valence-corrected chi connectivity index (χ3v) is 5.02. The number of hydrogen-bond acceptors (Lipinski definition) is 4. The lowest BCUT2D eigenvalue weighted by molar-refractivity contribution is 0.203. The van der Waals surface area contributed by atoms with Gasteiger partial charge in [-0.1, -0.05) is 0 Å². The fraction of sp³-hybridized carbons (Fsp3) is 0.500. The molecule has 1 aromatic heterocycles. The highest BCUT2D eigenvalue weighted by Gasteiger charge is 2.30. The Balaban J connectivity index is 1.73. The number of likely N-dealkylation sites (tertiary alicyclic amines) is 1. The standard InChI is InChI=1S/C16H19FN4O/c1-21-4-2-9(3-5-21)12-8-14-15-11(16(22)20-19-14)6-10(17)7-13(15)18-12/h6-7,9,12,18H,2-5,8H2,1H3,(H,20,22). The minimum absolute atomic E-state index is 0.254. The molecule has 0 aliphatic carbocycles. The van der Waals surface area contributed by atoms with E-state index in [4.69, 9.17) is 0 Å². The van der Waals surface area contributed by atoms with E-state index in [0.717, 1.165) is 43.4 Å². The second-order valence-corrected chi connectivity index (χ2v) is 6.47. The predicted molar refractivity (Wildman–Crippen MR) is 83.7 cm³/mol. The van der Waals surface area contributed by atoms with Crippen molar-refractivity contribution in [3.63, 3.8) is 0 Å². The molecule has 116 valence electrons. The van der Waals surface area contributed by atoms with E-state index in [2.05, 4.69) is 27.5 Å². The first-order valence-electron chi connectivity index (χ1n) is 7.77. The number of nitrogens with one attached hydrogen (secondary N) is 2. The molecule has 5 nitrogen and oxygen atoms in total. The monoisotopic (exact) mass is 302 g/mol. The quantitative estimate of drug-likeness (QED) is 0.842. The summed E-state index contributed by atoms with van der Waals surface area (Å²) in [5.41, 5.74) is 1.24. The highest BCUT2D eigenvalue weighted by molar-refractivity contribution is 5.96. The van der Waals surface area contributed by atoms with Gasteiger partial charge in [-0.25, -0.2) is 9.49 Å². The summed E-state index contributed by atoms with van der Waals surface area (Å²) in [6.45, 7) is 2.18.